The molecule has 0 radical (unpaired) electrons. The van der Waals surface area contributed by atoms with Gasteiger partial charge in [-0.2, -0.15) is 60.7 Å². The van der Waals surface area contributed by atoms with Crippen LogP contribution in [-0.4, -0.2) is 36.0 Å². The predicted molar refractivity (Wildman–Crippen MR) is 122 cm³/mol. The molecule has 160 valence electrons. The molecule has 0 unspecified atom stereocenters. The van der Waals surface area contributed by atoms with E-state index in [1.165, 1.54) is 63.0 Å². The van der Waals surface area contributed by atoms with Crippen LogP contribution in [0.1, 0.15) is 64.5 Å². The van der Waals surface area contributed by atoms with E-state index in [1.54, 1.807) is 0 Å². The van der Waals surface area contributed by atoms with Crippen molar-refractivity contribution < 1.29 is 17.4 Å². The van der Waals surface area contributed by atoms with Gasteiger partial charge in [-0.1, -0.05) is 27.7 Å². The monoisotopic (exact) mass is 432 g/mol. The molecule has 2 aromatic carbocycles. The second-order valence-electron chi connectivity index (χ2n) is 7.33. The first kappa shape index (κ1) is 27.9. The number of nitrogens with zero attached hydrogens (tertiary/aromatic N) is 2. The van der Waals surface area contributed by atoms with Crippen LogP contribution in [0.15, 0.2) is 48.5 Å². The van der Waals surface area contributed by atoms with Crippen LogP contribution in [0.5, 0.6) is 0 Å². The van der Waals surface area contributed by atoms with Gasteiger partial charge in [0.25, 0.3) is 0 Å². The molecule has 2 aromatic rings. The average Bonchev–Trinajstić information content (AvgIpc) is 2.71. The number of benzene rings is 2. The van der Waals surface area contributed by atoms with Gasteiger partial charge in [0.1, 0.15) is 0 Å². The summed E-state index contributed by atoms with van der Waals surface area (Å²) in [4.78, 5) is 4.98. The fraction of sp³-hybridized carbons (Fsp3) is 0.538. The molecule has 0 bridgehead atoms. The summed E-state index contributed by atoms with van der Waals surface area (Å²) in [5, 5.41) is 0. The topological polar surface area (TPSA) is 6.48 Å². The molecule has 0 fully saturated rings. The van der Waals surface area contributed by atoms with Gasteiger partial charge >= 0.3 is 17.4 Å². The maximum Gasteiger partial charge on any atom is 2.00 e. The zero-order chi connectivity index (χ0) is 20.5. The van der Waals surface area contributed by atoms with Crippen LogP contribution in [0.2, 0.25) is 0 Å². The largest absolute Gasteiger partial charge is 2.00 e. The molecular weight excluding hydrogens is 392 g/mol. The smallest absolute Gasteiger partial charge is 0.301 e. The molecule has 0 atom stereocenters. The van der Waals surface area contributed by atoms with Gasteiger partial charge < -0.3 is 9.80 Å². The molecule has 0 saturated carbocycles. The zero-order valence-electron chi connectivity index (χ0n) is 19.0. The Balaban J connectivity index is 0.000000523. The maximum absolute atomic E-state index is 3.27. The zero-order valence-corrected chi connectivity index (χ0v) is 20.3. The van der Waals surface area contributed by atoms with Gasteiger partial charge in [0, 0.05) is 13.1 Å². The van der Waals surface area contributed by atoms with Gasteiger partial charge in [-0.15, -0.1) is 11.1 Å². The first-order valence-electron chi connectivity index (χ1n) is 11.1. The van der Waals surface area contributed by atoms with Crippen molar-refractivity contribution >= 4 is 0 Å². The molecule has 0 amide bonds. The van der Waals surface area contributed by atoms with Crippen molar-refractivity contribution in [3.8, 4) is 0 Å². The van der Waals surface area contributed by atoms with E-state index in [0.29, 0.717) is 0 Å². The minimum atomic E-state index is 0. The second-order valence-corrected chi connectivity index (χ2v) is 7.33. The number of hydrogen-bond acceptors (Lipinski definition) is 2. The summed E-state index contributed by atoms with van der Waals surface area (Å²) in [5.41, 5.74) is 2.60. The average molecular weight is 433 g/mol. The number of hydrogen-bond donors (Lipinski definition) is 0. The Morgan fingerprint density at radius 2 is 0.931 bits per heavy atom. The Bertz CT molecular complexity index is 508. The van der Waals surface area contributed by atoms with Crippen LogP contribution in [-0.2, 0) is 30.5 Å². The molecule has 0 aliphatic rings. The molecule has 2 nitrogen and oxygen atoms in total. The first-order valence-corrected chi connectivity index (χ1v) is 11.1. The summed E-state index contributed by atoms with van der Waals surface area (Å²) in [5.74, 6) is 0. The van der Waals surface area contributed by atoms with E-state index in [0.717, 1.165) is 13.1 Å². The molecule has 0 aliphatic heterocycles. The SMILES string of the molecule is CCCN(CCC)Cc1[c-]cccc1.CCCN(CCC)Cc1[c-]cccc1.[Cr+2]. The van der Waals surface area contributed by atoms with E-state index >= 15 is 0 Å². The summed E-state index contributed by atoms with van der Waals surface area (Å²) in [6.07, 6.45) is 4.92. The summed E-state index contributed by atoms with van der Waals surface area (Å²) in [6.45, 7) is 15.8. The van der Waals surface area contributed by atoms with E-state index in [-0.39, 0.29) is 17.4 Å². The van der Waals surface area contributed by atoms with Crippen LogP contribution in [0, 0.1) is 12.1 Å². The van der Waals surface area contributed by atoms with Crippen molar-refractivity contribution in [1.82, 2.24) is 9.80 Å². The minimum absolute atomic E-state index is 0. The quantitative estimate of drug-likeness (QED) is 0.368. The number of rotatable bonds is 12. The predicted octanol–water partition coefficient (Wildman–Crippen LogP) is 6.22. The van der Waals surface area contributed by atoms with Crippen molar-refractivity contribution in [2.24, 2.45) is 0 Å². The minimum Gasteiger partial charge on any atom is -0.301 e. The molecule has 0 aromatic heterocycles. The molecule has 0 aliphatic carbocycles. The van der Waals surface area contributed by atoms with Crippen molar-refractivity contribution in [1.29, 1.82) is 0 Å². The Labute approximate surface area is 191 Å². The maximum atomic E-state index is 3.27. The van der Waals surface area contributed by atoms with Crippen molar-refractivity contribution in [3.05, 3.63) is 71.8 Å². The molecule has 0 saturated heterocycles. The van der Waals surface area contributed by atoms with Crippen LogP contribution >= 0.6 is 0 Å². The van der Waals surface area contributed by atoms with Gasteiger partial charge in [-0.25, -0.2) is 0 Å². The molecule has 0 N–H and O–H groups in total. The molecule has 3 heteroatoms. The van der Waals surface area contributed by atoms with Gasteiger partial charge in [-0.05, 0) is 51.9 Å². The van der Waals surface area contributed by atoms with Crippen LogP contribution < -0.4 is 0 Å². The Morgan fingerprint density at radius 3 is 1.17 bits per heavy atom. The van der Waals surface area contributed by atoms with Crippen molar-refractivity contribution in [3.63, 3.8) is 0 Å². The van der Waals surface area contributed by atoms with E-state index in [4.69, 9.17) is 0 Å². The van der Waals surface area contributed by atoms with Crippen LogP contribution in [0.4, 0.5) is 0 Å². The van der Waals surface area contributed by atoms with E-state index < -0.39 is 0 Å². The van der Waals surface area contributed by atoms with Gasteiger partial charge in [0.15, 0.2) is 0 Å². The first-order chi connectivity index (χ1) is 13.7. The fourth-order valence-corrected chi connectivity index (χ4v) is 3.34. The Kier molecular flexibility index (Phi) is 18.2. The fourth-order valence-electron chi connectivity index (χ4n) is 3.34. The van der Waals surface area contributed by atoms with E-state index in [2.05, 4.69) is 73.9 Å². The van der Waals surface area contributed by atoms with Crippen molar-refractivity contribution in [2.45, 2.75) is 66.5 Å². The molecule has 29 heavy (non-hydrogen) atoms. The standard InChI is InChI=1S/2C13H20N.Cr/c2*1-3-10-14(11-4-2)12-13-8-6-5-7-9-13;/h2*5-8H,3-4,10-12H2,1-2H3;/q2*-1;+2. The Hall–Kier alpha value is -1.11. The molecule has 2 rings (SSSR count). The van der Waals surface area contributed by atoms with Crippen LogP contribution in [0.3, 0.4) is 0 Å². The normalized spacial score (nSPS) is 10.4. The van der Waals surface area contributed by atoms with Crippen LogP contribution in [0.25, 0.3) is 0 Å². The van der Waals surface area contributed by atoms with Gasteiger partial charge in [0.2, 0.25) is 0 Å². The van der Waals surface area contributed by atoms with Crippen molar-refractivity contribution in [2.75, 3.05) is 26.2 Å². The summed E-state index contributed by atoms with van der Waals surface area (Å²) < 4.78 is 0. The third-order valence-corrected chi connectivity index (χ3v) is 4.49. The summed E-state index contributed by atoms with van der Waals surface area (Å²) in [6, 6.07) is 23.0. The summed E-state index contributed by atoms with van der Waals surface area (Å²) >= 11 is 0. The molecule has 0 spiro atoms. The van der Waals surface area contributed by atoms with E-state index in [9.17, 15) is 0 Å². The summed E-state index contributed by atoms with van der Waals surface area (Å²) in [7, 11) is 0. The molecule has 0 heterocycles. The molecular formula is C26H40CrN2. The Morgan fingerprint density at radius 1 is 0.586 bits per heavy atom. The third kappa shape index (κ3) is 13.7. The third-order valence-electron chi connectivity index (χ3n) is 4.49. The van der Waals surface area contributed by atoms with E-state index in [1.807, 2.05) is 24.3 Å². The van der Waals surface area contributed by atoms with Gasteiger partial charge in [-0.3, -0.25) is 0 Å². The second kappa shape index (κ2) is 18.9. The van der Waals surface area contributed by atoms with Gasteiger partial charge in [0.05, 0.1) is 0 Å².